The Morgan fingerprint density at radius 2 is 1.37 bits per heavy atom. The van der Waals surface area contributed by atoms with Crippen molar-refractivity contribution in [1.29, 1.82) is 0 Å². The van der Waals surface area contributed by atoms with Crippen LogP contribution >= 0.6 is 18.1 Å². The maximum absolute atomic E-state index is 14.0. The highest BCUT2D eigenvalue weighted by Gasteiger charge is 2.47. The molecule has 7 rings (SSSR count). The van der Waals surface area contributed by atoms with Gasteiger partial charge in [-0.3, -0.25) is 28.7 Å². The molecule has 1 saturated carbocycles. The standard InChI is InChI=1S/C39H47ClN5O5P/c1-30-26-45(38(47)41-37(30)46)36-28-43(39(31-14-6-2-7-15-31,32-16-8-3-9-17-32)33-18-10-4-11-19-33)27-35(50-36)29-49-51(40,48)44-24-22-42(23-25-44)34-20-12-5-13-21-34/h2-4,6-11,14-19,26,34-36H,5,12-13,20-25,27-29H2,1H3,(H,41,46,47). The third-order valence-electron chi connectivity index (χ3n) is 10.8. The van der Waals surface area contributed by atoms with E-state index in [9.17, 15) is 14.2 Å². The highest BCUT2D eigenvalue weighted by atomic mass is 35.7. The average molecular weight is 732 g/mol. The molecule has 10 nitrogen and oxygen atoms in total. The van der Waals surface area contributed by atoms with E-state index in [1.54, 1.807) is 17.8 Å². The van der Waals surface area contributed by atoms with Crippen molar-refractivity contribution in [1.82, 2.24) is 24.0 Å². The van der Waals surface area contributed by atoms with Gasteiger partial charge in [-0.2, -0.15) is 0 Å². The number of hydrogen-bond donors (Lipinski definition) is 1. The predicted octanol–water partition coefficient (Wildman–Crippen LogP) is 6.35. The summed E-state index contributed by atoms with van der Waals surface area (Å²) in [6, 6.07) is 31.5. The number of benzene rings is 3. The summed E-state index contributed by atoms with van der Waals surface area (Å²) in [6.07, 6.45) is 6.40. The normalized spacial score (nSPS) is 22.8. The summed E-state index contributed by atoms with van der Waals surface area (Å²) in [5, 5.41) is 0. The smallest absolute Gasteiger partial charge is 0.350 e. The largest absolute Gasteiger partial charge is 0.363 e. The molecule has 12 heteroatoms. The number of rotatable bonds is 10. The maximum Gasteiger partial charge on any atom is 0.363 e. The minimum Gasteiger partial charge on any atom is -0.350 e. The maximum atomic E-state index is 14.0. The van der Waals surface area contributed by atoms with Gasteiger partial charge >= 0.3 is 12.6 Å². The van der Waals surface area contributed by atoms with E-state index in [4.69, 9.17) is 20.5 Å². The van der Waals surface area contributed by atoms with Crippen LogP contribution < -0.4 is 11.2 Å². The Balaban J connectivity index is 1.23. The van der Waals surface area contributed by atoms with Crippen molar-refractivity contribution in [3.8, 4) is 0 Å². The summed E-state index contributed by atoms with van der Waals surface area (Å²) in [4.78, 5) is 33.0. The molecule has 1 aliphatic carbocycles. The van der Waals surface area contributed by atoms with Gasteiger partial charge in [0, 0.05) is 57.1 Å². The van der Waals surface area contributed by atoms with Gasteiger partial charge in [-0.15, -0.1) is 0 Å². The van der Waals surface area contributed by atoms with Crippen LogP contribution in [0.25, 0.3) is 0 Å². The van der Waals surface area contributed by atoms with Crippen LogP contribution in [0.1, 0.15) is 60.6 Å². The van der Waals surface area contributed by atoms with E-state index in [0.29, 0.717) is 37.8 Å². The van der Waals surface area contributed by atoms with Crippen LogP contribution in [-0.4, -0.2) is 82.0 Å². The average Bonchev–Trinajstić information content (AvgIpc) is 3.17. The molecule has 0 radical (unpaired) electrons. The minimum absolute atomic E-state index is 0.0534. The third-order valence-corrected chi connectivity index (χ3v) is 13.3. The van der Waals surface area contributed by atoms with Gasteiger partial charge < -0.3 is 9.26 Å². The van der Waals surface area contributed by atoms with Gasteiger partial charge in [0.05, 0.1) is 18.2 Å². The molecule has 0 bridgehead atoms. The fourth-order valence-corrected chi connectivity index (χ4v) is 10.0. The van der Waals surface area contributed by atoms with Crippen molar-refractivity contribution in [3.63, 3.8) is 0 Å². The fourth-order valence-electron chi connectivity index (χ4n) is 8.24. The van der Waals surface area contributed by atoms with Crippen molar-refractivity contribution in [2.24, 2.45) is 0 Å². The number of piperazine rings is 1. The molecule has 51 heavy (non-hydrogen) atoms. The van der Waals surface area contributed by atoms with Gasteiger partial charge in [0.15, 0.2) is 6.23 Å². The summed E-state index contributed by atoms with van der Waals surface area (Å²) in [5.41, 5.74) is 1.67. The first kappa shape index (κ1) is 36.0. The lowest BCUT2D eigenvalue weighted by Crippen LogP contribution is -2.58. The van der Waals surface area contributed by atoms with Crippen LogP contribution in [0.5, 0.6) is 0 Å². The molecule has 3 heterocycles. The molecule has 3 atom stereocenters. The Morgan fingerprint density at radius 3 is 1.92 bits per heavy atom. The molecule has 3 aliphatic rings. The Bertz CT molecular complexity index is 1820. The van der Waals surface area contributed by atoms with E-state index >= 15 is 0 Å². The summed E-state index contributed by atoms with van der Waals surface area (Å²) < 4.78 is 30.0. The zero-order valence-corrected chi connectivity index (χ0v) is 30.8. The Morgan fingerprint density at radius 1 is 0.824 bits per heavy atom. The summed E-state index contributed by atoms with van der Waals surface area (Å²) in [5.74, 6) is 0. The highest BCUT2D eigenvalue weighted by Crippen LogP contribution is 2.56. The zero-order chi connectivity index (χ0) is 35.4. The second-order valence-electron chi connectivity index (χ2n) is 13.9. The molecule has 3 aromatic carbocycles. The van der Waals surface area contributed by atoms with Crippen LogP contribution in [0.3, 0.4) is 0 Å². The summed E-state index contributed by atoms with van der Waals surface area (Å²) >= 11 is 6.78. The number of H-pyrrole nitrogens is 1. The Labute approximate surface area is 304 Å². The zero-order valence-electron chi connectivity index (χ0n) is 29.1. The molecule has 3 unspecified atom stereocenters. The van der Waals surface area contributed by atoms with Crippen LogP contribution in [0.2, 0.25) is 0 Å². The van der Waals surface area contributed by atoms with Crippen LogP contribution in [0.4, 0.5) is 0 Å². The van der Waals surface area contributed by atoms with E-state index in [2.05, 4.69) is 51.2 Å². The number of aryl methyl sites for hydroxylation is 1. The van der Waals surface area contributed by atoms with Crippen molar-refractivity contribution in [3.05, 3.63) is 140 Å². The molecule has 1 N–H and O–H groups in total. The summed E-state index contributed by atoms with van der Waals surface area (Å²) in [6.45, 7) is 1.35. The molecule has 2 saturated heterocycles. The predicted molar refractivity (Wildman–Crippen MR) is 200 cm³/mol. The molecular weight excluding hydrogens is 685 g/mol. The van der Waals surface area contributed by atoms with Crippen molar-refractivity contribution < 1.29 is 13.8 Å². The lowest BCUT2D eigenvalue weighted by molar-refractivity contribution is -0.148. The number of ether oxygens (including phenoxy) is 1. The SMILES string of the molecule is Cc1cn(C2CN(C(c3ccccc3)(c3ccccc3)c3ccccc3)CC(COP(=O)(Cl)N3CCN(C4CCCCC4)CC3)O2)c(=O)[nH]c1=O. The number of hydrogen-bond acceptors (Lipinski definition) is 7. The van der Waals surface area contributed by atoms with Crippen LogP contribution in [0, 0.1) is 6.92 Å². The molecule has 3 fully saturated rings. The second kappa shape index (κ2) is 15.7. The Kier molecular flexibility index (Phi) is 11.1. The van der Waals surface area contributed by atoms with Gasteiger partial charge in [-0.25, -0.2) is 9.46 Å². The quantitative estimate of drug-likeness (QED) is 0.149. The number of aromatic amines is 1. The van der Waals surface area contributed by atoms with E-state index in [0.717, 1.165) is 29.8 Å². The van der Waals surface area contributed by atoms with E-state index in [1.807, 2.05) is 54.6 Å². The molecule has 270 valence electrons. The number of morpholine rings is 1. The number of aromatic nitrogens is 2. The highest BCUT2D eigenvalue weighted by molar-refractivity contribution is 7.83. The van der Waals surface area contributed by atoms with E-state index < -0.39 is 36.0 Å². The molecule has 0 amide bonds. The first-order valence-corrected chi connectivity index (χ1v) is 20.6. The van der Waals surface area contributed by atoms with Gasteiger partial charge in [0.25, 0.3) is 5.56 Å². The first-order chi connectivity index (χ1) is 24.8. The van der Waals surface area contributed by atoms with E-state index in [-0.39, 0.29) is 6.61 Å². The minimum atomic E-state index is -3.69. The van der Waals surface area contributed by atoms with Crippen molar-refractivity contribution in [2.75, 3.05) is 45.9 Å². The van der Waals surface area contributed by atoms with Crippen LogP contribution in [0.15, 0.2) is 107 Å². The van der Waals surface area contributed by atoms with Gasteiger partial charge in [-0.05, 0) is 47.7 Å². The van der Waals surface area contributed by atoms with E-state index in [1.165, 1.54) is 36.7 Å². The molecule has 1 aromatic heterocycles. The first-order valence-electron chi connectivity index (χ1n) is 18.1. The monoisotopic (exact) mass is 731 g/mol. The lowest BCUT2D eigenvalue weighted by Gasteiger charge is -2.50. The molecular formula is C39H47ClN5O5P. The van der Waals surface area contributed by atoms with Crippen molar-refractivity contribution >= 4 is 18.1 Å². The molecule has 2 aliphatic heterocycles. The third kappa shape index (κ3) is 7.60. The number of nitrogens with zero attached hydrogens (tertiary/aromatic N) is 4. The topological polar surface area (TPSA) is 100 Å². The number of nitrogens with one attached hydrogen (secondary N) is 1. The van der Waals surface area contributed by atoms with Gasteiger partial charge in [0.2, 0.25) is 0 Å². The van der Waals surface area contributed by atoms with Gasteiger partial charge in [-0.1, -0.05) is 110 Å². The summed E-state index contributed by atoms with van der Waals surface area (Å²) in [7, 11) is 0. The fraction of sp³-hybridized carbons (Fsp3) is 0.436. The number of halogens is 1. The Hall–Kier alpha value is -3.34. The van der Waals surface area contributed by atoms with Gasteiger partial charge in [0.1, 0.15) is 0 Å². The lowest BCUT2D eigenvalue weighted by atomic mass is 9.75. The molecule has 4 aromatic rings. The van der Waals surface area contributed by atoms with Crippen molar-refractivity contribution in [2.45, 2.75) is 62.9 Å². The molecule has 0 spiro atoms. The van der Waals surface area contributed by atoms with Crippen LogP contribution in [-0.2, 0) is 19.4 Å². The second-order valence-corrected chi connectivity index (χ2v) is 16.9.